The number of aliphatic imine (C=N–C) groups is 2. The number of halogens is 1. The molecule has 0 spiro atoms. The summed E-state index contributed by atoms with van der Waals surface area (Å²) in [6, 6.07) is 7.70. The van der Waals surface area contributed by atoms with Gasteiger partial charge < -0.3 is 9.64 Å². The highest BCUT2D eigenvalue weighted by atomic mass is 79.9. The molecule has 0 radical (unpaired) electrons. The largest absolute Gasteiger partial charge is 0.354 e. The first kappa shape index (κ1) is 23.4. The van der Waals surface area contributed by atoms with Gasteiger partial charge in [0.2, 0.25) is 0 Å². The molecule has 1 aromatic carbocycles. The highest BCUT2D eigenvalue weighted by molar-refractivity contribution is 9.12. The van der Waals surface area contributed by atoms with Crippen molar-refractivity contribution < 1.29 is 9.53 Å². The molecule has 6 heteroatoms. The van der Waals surface area contributed by atoms with Crippen LogP contribution in [0.2, 0.25) is 0 Å². The average Bonchev–Trinajstić information content (AvgIpc) is 3.05. The third kappa shape index (κ3) is 6.11. The van der Waals surface area contributed by atoms with Crippen molar-refractivity contribution in [3.63, 3.8) is 0 Å². The van der Waals surface area contributed by atoms with E-state index in [1.807, 2.05) is 61.4 Å². The summed E-state index contributed by atoms with van der Waals surface area (Å²) in [5, 5.41) is 0. The van der Waals surface area contributed by atoms with E-state index in [0.717, 1.165) is 35.0 Å². The number of rotatable bonds is 8. The fraction of sp³-hybridized carbons (Fsp3) is 0.400. The molecule has 164 valence electrons. The summed E-state index contributed by atoms with van der Waals surface area (Å²) in [6.45, 7) is 7.20. The summed E-state index contributed by atoms with van der Waals surface area (Å²) in [7, 11) is 0. The molecule has 2 atom stereocenters. The predicted molar refractivity (Wildman–Crippen MR) is 131 cm³/mol. The summed E-state index contributed by atoms with van der Waals surface area (Å²) in [5.41, 5.74) is 3.82. The Morgan fingerprint density at radius 3 is 2.84 bits per heavy atom. The van der Waals surface area contributed by atoms with E-state index < -0.39 is 0 Å². The van der Waals surface area contributed by atoms with Crippen molar-refractivity contribution in [2.45, 2.75) is 52.3 Å². The Morgan fingerprint density at radius 1 is 1.32 bits per heavy atom. The molecule has 3 rings (SSSR count). The summed E-state index contributed by atoms with van der Waals surface area (Å²) in [5.74, 6) is 0.00180. The Morgan fingerprint density at radius 2 is 2.13 bits per heavy atom. The molecule has 2 aliphatic rings. The van der Waals surface area contributed by atoms with Gasteiger partial charge in [-0.05, 0) is 48.3 Å². The molecule has 0 aromatic heterocycles. The second-order valence-electron chi connectivity index (χ2n) is 7.65. The Labute approximate surface area is 193 Å². The maximum atomic E-state index is 13.5. The Hall–Kier alpha value is -2.31. The van der Waals surface area contributed by atoms with E-state index in [9.17, 15) is 4.79 Å². The van der Waals surface area contributed by atoms with E-state index in [0.29, 0.717) is 18.7 Å². The third-order valence-corrected chi connectivity index (χ3v) is 6.04. The van der Waals surface area contributed by atoms with Crippen molar-refractivity contribution in [2.24, 2.45) is 9.98 Å². The molecular weight excluding hydrogens is 454 g/mol. The minimum absolute atomic E-state index is 0.00180. The van der Waals surface area contributed by atoms with E-state index in [1.165, 1.54) is 5.57 Å². The molecule has 0 aliphatic carbocycles. The minimum Gasteiger partial charge on any atom is -0.354 e. The van der Waals surface area contributed by atoms with Gasteiger partial charge in [0.25, 0.3) is 5.91 Å². The number of carbonyl (C=O) groups is 1. The molecule has 5 nitrogen and oxygen atoms in total. The normalized spacial score (nSPS) is 19.2. The summed E-state index contributed by atoms with van der Waals surface area (Å²) < 4.78 is 6.93. The Balaban J connectivity index is 1.75. The van der Waals surface area contributed by atoms with Gasteiger partial charge in [-0.2, -0.15) is 0 Å². The smallest absolute Gasteiger partial charge is 0.254 e. The molecule has 2 heterocycles. The summed E-state index contributed by atoms with van der Waals surface area (Å²) >= 11 is 3.41. The topological polar surface area (TPSA) is 54.3 Å². The lowest BCUT2D eigenvalue weighted by atomic mass is 9.95. The first-order chi connectivity index (χ1) is 15.0. The monoisotopic (exact) mass is 483 g/mol. The molecular formula is C25H30BrN3O2. The SMILES string of the molecule is CCC1=CC=CN=C(c2ccccc2C(=O)N(CC)[C@@H](C)COC2CC=C(Br)C=N2)C1. The average molecular weight is 484 g/mol. The number of dihydropyridines is 1. The van der Waals surface area contributed by atoms with Crippen LogP contribution in [0.3, 0.4) is 0 Å². The minimum atomic E-state index is -0.198. The molecule has 2 aliphatic heterocycles. The number of ether oxygens (including phenoxy) is 1. The zero-order valence-corrected chi connectivity index (χ0v) is 20.0. The van der Waals surface area contributed by atoms with Gasteiger partial charge in [-0.1, -0.05) is 42.8 Å². The van der Waals surface area contributed by atoms with Gasteiger partial charge in [0.15, 0.2) is 6.23 Å². The molecule has 0 N–H and O–H groups in total. The van der Waals surface area contributed by atoms with Gasteiger partial charge in [-0.3, -0.25) is 14.8 Å². The number of benzene rings is 1. The van der Waals surface area contributed by atoms with E-state index >= 15 is 0 Å². The van der Waals surface area contributed by atoms with Crippen LogP contribution in [-0.4, -0.2) is 48.2 Å². The molecule has 0 fully saturated rings. The molecule has 1 amide bonds. The number of hydrogen-bond donors (Lipinski definition) is 0. The molecule has 0 saturated heterocycles. The van der Waals surface area contributed by atoms with Crippen LogP contribution in [0.1, 0.15) is 56.0 Å². The number of hydrogen-bond acceptors (Lipinski definition) is 4. The fourth-order valence-corrected chi connectivity index (χ4v) is 4.01. The first-order valence-corrected chi connectivity index (χ1v) is 11.6. The van der Waals surface area contributed by atoms with Crippen LogP contribution in [0.5, 0.6) is 0 Å². The molecule has 0 saturated carbocycles. The summed E-state index contributed by atoms with van der Waals surface area (Å²) in [4.78, 5) is 24.4. The molecule has 31 heavy (non-hydrogen) atoms. The van der Waals surface area contributed by atoms with Crippen molar-refractivity contribution in [1.29, 1.82) is 0 Å². The van der Waals surface area contributed by atoms with E-state index in [4.69, 9.17) is 4.74 Å². The molecule has 1 aromatic rings. The highest BCUT2D eigenvalue weighted by Gasteiger charge is 2.25. The Kier molecular flexibility index (Phi) is 8.55. The predicted octanol–water partition coefficient (Wildman–Crippen LogP) is 5.68. The van der Waals surface area contributed by atoms with Crippen LogP contribution in [0.4, 0.5) is 0 Å². The van der Waals surface area contributed by atoms with Crippen molar-refractivity contribution >= 4 is 33.8 Å². The number of likely N-dealkylation sites (N-methyl/N-ethyl adjacent to an activating group) is 1. The van der Waals surface area contributed by atoms with Crippen LogP contribution < -0.4 is 0 Å². The molecule has 1 unspecified atom stereocenters. The van der Waals surface area contributed by atoms with Gasteiger partial charge in [0, 0.05) is 47.4 Å². The lowest BCUT2D eigenvalue weighted by Gasteiger charge is -2.30. The van der Waals surface area contributed by atoms with Crippen molar-refractivity contribution in [2.75, 3.05) is 13.2 Å². The van der Waals surface area contributed by atoms with Gasteiger partial charge in [-0.15, -0.1) is 0 Å². The number of allylic oxidation sites excluding steroid dienone is 4. The second-order valence-corrected chi connectivity index (χ2v) is 8.56. The number of amides is 1. The molecule has 0 bridgehead atoms. The van der Waals surface area contributed by atoms with E-state index in [2.05, 4.69) is 38.9 Å². The fourth-order valence-electron chi connectivity index (χ4n) is 3.70. The lowest BCUT2D eigenvalue weighted by Crippen LogP contribution is -2.42. The zero-order chi connectivity index (χ0) is 22.2. The van der Waals surface area contributed by atoms with Crippen LogP contribution >= 0.6 is 15.9 Å². The van der Waals surface area contributed by atoms with Crippen molar-refractivity contribution in [1.82, 2.24) is 4.90 Å². The number of nitrogens with zero attached hydrogens (tertiary/aromatic N) is 3. The second kappa shape index (κ2) is 11.3. The van der Waals surface area contributed by atoms with E-state index in [-0.39, 0.29) is 18.2 Å². The zero-order valence-electron chi connectivity index (χ0n) is 18.4. The van der Waals surface area contributed by atoms with Crippen LogP contribution in [-0.2, 0) is 4.74 Å². The van der Waals surface area contributed by atoms with E-state index in [1.54, 1.807) is 6.21 Å². The van der Waals surface area contributed by atoms with Gasteiger partial charge >= 0.3 is 0 Å². The quantitative estimate of drug-likeness (QED) is 0.477. The number of carbonyl (C=O) groups excluding carboxylic acids is 1. The first-order valence-electron chi connectivity index (χ1n) is 10.9. The van der Waals surface area contributed by atoms with Gasteiger partial charge in [0.05, 0.1) is 18.4 Å². The standard InChI is InChI=1S/C25H30BrN3O2/c1-4-19-9-8-14-27-23(15-19)21-10-6-7-11-22(21)25(30)29(5-2)18(3)17-31-24-13-12-20(26)16-28-24/h6-12,14,16,18,24H,4-5,13,15,17H2,1-3H3/t18-,24?/m0/s1. The Bertz CT molecular complexity index is 946. The maximum Gasteiger partial charge on any atom is 0.254 e. The summed E-state index contributed by atoms with van der Waals surface area (Å²) in [6.07, 6.45) is 11.9. The van der Waals surface area contributed by atoms with Gasteiger partial charge in [0.1, 0.15) is 0 Å². The van der Waals surface area contributed by atoms with Crippen LogP contribution in [0, 0.1) is 0 Å². The van der Waals surface area contributed by atoms with Crippen molar-refractivity contribution in [3.8, 4) is 0 Å². The third-order valence-electron chi connectivity index (χ3n) is 5.51. The van der Waals surface area contributed by atoms with Crippen LogP contribution in [0.15, 0.2) is 68.7 Å². The van der Waals surface area contributed by atoms with Crippen LogP contribution in [0.25, 0.3) is 0 Å². The van der Waals surface area contributed by atoms with Gasteiger partial charge in [-0.25, -0.2) is 0 Å². The van der Waals surface area contributed by atoms with Crippen molar-refractivity contribution in [3.05, 3.63) is 69.9 Å². The maximum absolute atomic E-state index is 13.5. The highest BCUT2D eigenvalue weighted by Crippen LogP contribution is 2.22. The lowest BCUT2D eigenvalue weighted by molar-refractivity contribution is 0.0184.